The second kappa shape index (κ2) is 3.19. The number of nitrogens with zero attached hydrogens (tertiary/aromatic N) is 1. The lowest BCUT2D eigenvalue weighted by molar-refractivity contribution is 0.215. The molecule has 0 aliphatic carbocycles. The lowest BCUT2D eigenvalue weighted by atomic mass is 10.1. The van der Waals surface area contributed by atoms with Gasteiger partial charge in [-0.15, -0.1) is 0 Å². The third-order valence-corrected chi connectivity index (χ3v) is 2.85. The molecule has 1 aliphatic heterocycles. The lowest BCUT2D eigenvalue weighted by Gasteiger charge is -2.32. The molecule has 2 nitrogen and oxygen atoms in total. The highest BCUT2D eigenvalue weighted by atomic mass is 16.5. The number of likely N-dealkylation sites (N-methyl/N-ethyl adjacent to an activating group) is 1. The van der Waals surface area contributed by atoms with Crippen LogP contribution in [-0.2, 0) is 0 Å². The Bertz CT molecular complexity index is 360. The molecule has 0 N–H and O–H groups in total. The van der Waals surface area contributed by atoms with E-state index in [2.05, 4.69) is 44.9 Å². The lowest BCUT2D eigenvalue weighted by Crippen LogP contribution is -2.35. The van der Waals surface area contributed by atoms with E-state index in [1.54, 1.807) is 0 Å². The van der Waals surface area contributed by atoms with Gasteiger partial charge < -0.3 is 9.64 Å². The van der Waals surface area contributed by atoms with Crippen molar-refractivity contribution in [3.8, 4) is 5.75 Å². The first kappa shape index (κ1) is 9.38. The number of aryl methyl sites for hydroxylation is 2. The van der Waals surface area contributed by atoms with Gasteiger partial charge in [-0.3, -0.25) is 0 Å². The molecule has 1 aromatic carbocycles. The average molecular weight is 191 g/mol. The van der Waals surface area contributed by atoms with Crippen molar-refractivity contribution < 1.29 is 4.74 Å². The van der Waals surface area contributed by atoms with Crippen molar-refractivity contribution in [2.45, 2.75) is 26.9 Å². The Hall–Kier alpha value is -1.18. The molecule has 1 aliphatic rings. The van der Waals surface area contributed by atoms with Crippen LogP contribution in [0.1, 0.15) is 18.1 Å². The van der Waals surface area contributed by atoms with Crippen molar-refractivity contribution in [1.29, 1.82) is 0 Å². The van der Waals surface area contributed by atoms with Gasteiger partial charge in [0.15, 0.2) is 0 Å². The molecule has 14 heavy (non-hydrogen) atoms. The van der Waals surface area contributed by atoms with Crippen LogP contribution in [0, 0.1) is 13.8 Å². The second-order valence-corrected chi connectivity index (χ2v) is 4.21. The molecule has 1 heterocycles. The van der Waals surface area contributed by atoms with Crippen molar-refractivity contribution >= 4 is 5.69 Å². The summed E-state index contributed by atoms with van der Waals surface area (Å²) in [4.78, 5) is 2.26. The van der Waals surface area contributed by atoms with Gasteiger partial charge in [-0.2, -0.15) is 0 Å². The molecule has 0 aromatic heterocycles. The normalized spacial score (nSPS) is 20.3. The van der Waals surface area contributed by atoms with Gasteiger partial charge in [-0.25, -0.2) is 0 Å². The van der Waals surface area contributed by atoms with Crippen molar-refractivity contribution in [3.63, 3.8) is 0 Å². The first-order valence-electron chi connectivity index (χ1n) is 5.07. The maximum Gasteiger partial charge on any atom is 0.143 e. The zero-order valence-corrected chi connectivity index (χ0v) is 9.29. The minimum Gasteiger partial charge on any atom is -0.487 e. The van der Waals surface area contributed by atoms with E-state index in [0.717, 1.165) is 12.3 Å². The molecular formula is C12H17NO. The number of ether oxygens (including phenoxy) is 1. The largest absolute Gasteiger partial charge is 0.487 e. The van der Waals surface area contributed by atoms with Crippen molar-refractivity contribution in [1.82, 2.24) is 0 Å². The highest BCUT2D eigenvalue weighted by Crippen LogP contribution is 2.34. The van der Waals surface area contributed by atoms with E-state index in [1.165, 1.54) is 16.8 Å². The van der Waals surface area contributed by atoms with Crippen LogP contribution < -0.4 is 9.64 Å². The maximum absolute atomic E-state index is 5.80. The Labute approximate surface area is 85.5 Å². The third kappa shape index (κ3) is 1.45. The molecule has 0 fully saturated rings. The standard InChI is InChI=1S/C12H17NO/c1-8-5-11-12(6-9(8)2)14-10(3)7-13(11)4/h5-6,10H,7H2,1-4H3. The molecular weight excluding hydrogens is 174 g/mol. The van der Waals surface area contributed by atoms with Gasteiger partial charge >= 0.3 is 0 Å². The second-order valence-electron chi connectivity index (χ2n) is 4.21. The highest BCUT2D eigenvalue weighted by molar-refractivity contribution is 5.62. The minimum atomic E-state index is 0.287. The van der Waals surface area contributed by atoms with E-state index < -0.39 is 0 Å². The monoisotopic (exact) mass is 191 g/mol. The summed E-state index contributed by atoms with van der Waals surface area (Å²) in [5.41, 5.74) is 3.84. The van der Waals surface area contributed by atoms with Gasteiger partial charge in [0.05, 0.1) is 12.2 Å². The Kier molecular flexibility index (Phi) is 2.14. The van der Waals surface area contributed by atoms with Gasteiger partial charge in [-0.1, -0.05) is 0 Å². The molecule has 2 rings (SSSR count). The SMILES string of the molecule is Cc1cc2c(cc1C)N(C)CC(C)O2. The van der Waals surface area contributed by atoms with Crippen LogP contribution in [0.2, 0.25) is 0 Å². The molecule has 0 saturated carbocycles. The zero-order valence-electron chi connectivity index (χ0n) is 9.29. The molecule has 1 atom stereocenters. The third-order valence-electron chi connectivity index (χ3n) is 2.85. The number of benzene rings is 1. The van der Waals surface area contributed by atoms with Crippen LogP contribution in [0.5, 0.6) is 5.75 Å². The summed E-state index contributed by atoms with van der Waals surface area (Å²) in [7, 11) is 2.12. The van der Waals surface area contributed by atoms with Crippen molar-refractivity contribution in [2.75, 3.05) is 18.5 Å². The molecule has 0 amide bonds. The first-order chi connectivity index (χ1) is 6.58. The van der Waals surface area contributed by atoms with Crippen LogP contribution in [-0.4, -0.2) is 19.7 Å². The molecule has 0 saturated heterocycles. The van der Waals surface area contributed by atoms with Gasteiger partial charge in [0.2, 0.25) is 0 Å². The predicted octanol–water partition coefficient (Wildman–Crippen LogP) is 2.52. The topological polar surface area (TPSA) is 12.5 Å². The Morgan fingerprint density at radius 3 is 2.64 bits per heavy atom. The molecule has 0 spiro atoms. The molecule has 1 aromatic rings. The zero-order chi connectivity index (χ0) is 10.3. The van der Waals surface area contributed by atoms with Crippen LogP contribution in [0.4, 0.5) is 5.69 Å². The predicted molar refractivity (Wildman–Crippen MR) is 59.3 cm³/mol. The minimum absolute atomic E-state index is 0.287. The van der Waals surface area contributed by atoms with Crippen LogP contribution >= 0.6 is 0 Å². The highest BCUT2D eigenvalue weighted by Gasteiger charge is 2.20. The van der Waals surface area contributed by atoms with E-state index in [-0.39, 0.29) is 6.10 Å². The summed E-state index contributed by atoms with van der Waals surface area (Å²) in [6.07, 6.45) is 0.287. The van der Waals surface area contributed by atoms with Gasteiger partial charge in [0.25, 0.3) is 0 Å². The summed E-state index contributed by atoms with van der Waals surface area (Å²) in [6.45, 7) is 7.34. The molecule has 1 unspecified atom stereocenters. The molecule has 76 valence electrons. The molecule has 2 heteroatoms. The summed E-state index contributed by atoms with van der Waals surface area (Å²) >= 11 is 0. The Morgan fingerprint density at radius 2 is 1.93 bits per heavy atom. The smallest absolute Gasteiger partial charge is 0.143 e. The number of fused-ring (bicyclic) bond motifs is 1. The van der Waals surface area contributed by atoms with E-state index in [0.29, 0.717) is 0 Å². The van der Waals surface area contributed by atoms with Crippen LogP contribution in [0.15, 0.2) is 12.1 Å². The molecule has 0 radical (unpaired) electrons. The first-order valence-corrected chi connectivity index (χ1v) is 5.07. The van der Waals surface area contributed by atoms with Gasteiger partial charge in [0.1, 0.15) is 11.9 Å². The van der Waals surface area contributed by atoms with Crippen LogP contribution in [0.3, 0.4) is 0 Å². The van der Waals surface area contributed by atoms with Gasteiger partial charge in [-0.05, 0) is 44.0 Å². The summed E-state index contributed by atoms with van der Waals surface area (Å²) in [6, 6.07) is 4.34. The number of hydrogen-bond acceptors (Lipinski definition) is 2. The maximum atomic E-state index is 5.80. The number of hydrogen-bond donors (Lipinski definition) is 0. The fourth-order valence-corrected chi connectivity index (χ4v) is 1.91. The van der Waals surface area contributed by atoms with Crippen molar-refractivity contribution in [3.05, 3.63) is 23.3 Å². The van der Waals surface area contributed by atoms with Crippen molar-refractivity contribution in [2.24, 2.45) is 0 Å². The Balaban J connectivity index is 2.49. The quantitative estimate of drug-likeness (QED) is 0.624. The van der Waals surface area contributed by atoms with E-state index >= 15 is 0 Å². The number of anilines is 1. The van der Waals surface area contributed by atoms with E-state index in [4.69, 9.17) is 4.74 Å². The Morgan fingerprint density at radius 1 is 1.29 bits per heavy atom. The average Bonchev–Trinajstić information content (AvgIpc) is 2.08. The summed E-state index contributed by atoms with van der Waals surface area (Å²) in [5, 5.41) is 0. The van der Waals surface area contributed by atoms with Crippen LogP contribution in [0.25, 0.3) is 0 Å². The fraction of sp³-hybridized carbons (Fsp3) is 0.500. The molecule has 0 bridgehead atoms. The van der Waals surface area contributed by atoms with Gasteiger partial charge in [0, 0.05) is 7.05 Å². The van der Waals surface area contributed by atoms with E-state index in [9.17, 15) is 0 Å². The van der Waals surface area contributed by atoms with E-state index in [1.807, 2.05) is 0 Å². The number of rotatable bonds is 0. The summed E-state index contributed by atoms with van der Waals surface area (Å²) < 4.78 is 5.80. The summed E-state index contributed by atoms with van der Waals surface area (Å²) in [5.74, 6) is 1.02. The fourth-order valence-electron chi connectivity index (χ4n) is 1.91.